The Kier molecular flexibility index (Phi) is 5.87. The SMILES string of the molecule is COc1ccc(N2CCCCS2(=O)=O)cc1S(=O)(=O)N1CCN(C(C)=O)CC1. The summed E-state index contributed by atoms with van der Waals surface area (Å²) in [6.45, 7) is 2.77. The van der Waals surface area contributed by atoms with Gasteiger partial charge in [-0.25, -0.2) is 16.8 Å². The normalized spacial score (nSPS) is 20.8. The minimum absolute atomic E-state index is 0.0497. The first-order valence-corrected chi connectivity index (χ1v) is 12.2. The maximum absolute atomic E-state index is 13.2. The largest absolute Gasteiger partial charge is 0.495 e. The van der Waals surface area contributed by atoms with Crippen molar-refractivity contribution in [3.63, 3.8) is 0 Å². The number of carbonyl (C=O) groups excluding carboxylic acids is 1. The minimum atomic E-state index is -3.90. The summed E-state index contributed by atoms with van der Waals surface area (Å²) in [5, 5.41) is 0. The summed E-state index contributed by atoms with van der Waals surface area (Å²) in [7, 11) is -5.99. The van der Waals surface area contributed by atoms with Crippen LogP contribution in [0.3, 0.4) is 0 Å². The van der Waals surface area contributed by atoms with Gasteiger partial charge in [0.1, 0.15) is 10.6 Å². The van der Waals surface area contributed by atoms with Crippen LogP contribution in [0.1, 0.15) is 19.8 Å². The zero-order chi connectivity index (χ0) is 20.5. The molecule has 0 spiro atoms. The predicted octanol–water partition coefficient (Wildman–Crippen LogP) is 0.478. The van der Waals surface area contributed by atoms with Crippen LogP contribution in [0, 0.1) is 0 Å². The van der Waals surface area contributed by atoms with Gasteiger partial charge in [0.05, 0.1) is 18.6 Å². The molecule has 9 nitrogen and oxygen atoms in total. The highest BCUT2D eigenvalue weighted by molar-refractivity contribution is 7.92. The van der Waals surface area contributed by atoms with E-state index in [1.165, 1.54) is 34.8 Å². The number of nitrogens with zero attached hydrogens (tertiary/aromatic N) is 3. The Labute approximate surface area is 166 Å². The lowest BCUT2D eigenvalue weighted by Crippen LogP contribution is -2.50. The van der Waals surface area contributed by atoms with Crippen LogP contribution < -0.4 is 9.04 Å². The van der Waals surface area contributed by atoms with Gasteiger partial charge in [-0.05, 0) is 31.0 Å². The fraction of sp³-hybridized carbons (Fsp3) is 0.588. The van der Waals surface area contributed by atoms with Crippen LogP contribution in [0.15, 0.2) is 23.1 Å². The molecular formula is C17H25N3O6S2. The number of hydrogen-bond donors (Lipinski definition) is 0. The highest BCUT2D eigenvalue weighted by Gasteiger charge is 2.33. The molecule has 2 aliphatic rings. The highest BCUT2D eigenvalue weighted by atomic mass is 32.2. The third kappa shape index (κ3) is 3.96. The minimum Gasteiger partial charge on any atom is -0.495 e. The second-order valence-electron chi connectivity index (χ2n) is 6.84. The number of amides is 1. The first-order valence-electron chi connectivity index (χ1n) is 9.11. The molecule has 2 fully saturated rings. The van der Waals surface area contributed by atoms with Crippen molar-refractivity contribution in [3.05, 3.63) is 18.2 Å². The lowest BCUT2D eigenvalue weighted by atomic mass is 10.2. The van der Waals surface area contributed by atoms with Gasteiger partial charge in [0.25, 0.3) is 0 Å². The smallest absolute Gasteiger partial charge is 0.246 e. The summed E-state index contributed by atoms with van der Waals surface area (Å²) >= 11 is 0. The molecular weight excluding hydrogens is 406 g/mol. The van der Waals surface area contributed by atoms with Gasteiger partial charge in [-0.15, -0.1) is 0 Å². The van der Waals surface area contributed by atoms with Crippen molar-refractivity contribution in [2.75, 3.05) is 49.9 Å². The summed E-state index contributed by atoms with van der Waals surface area (Å²) in [4.78, 5) is 13.0. The van der Waals surface area contributed by atoms with Crippen molar-refractivity contribution >= 4 is 31.6 Å². The molecule has 156 valence electrons. The molecule has 0 aliphatic carbocycles. The summed E-state index contributed by atoms with van der Waals surface area (Å²) in [6, 6.07) is 4.42. The number of piperazine rings is 1. The Hall–Kier alpha value is -1.85. The fourth-order valence-corrected chi connectivity index (χ4v) is 6.71. The Balaban J connectivity index is 1.95. The average molecular weight is 432 g/mol. The molecule has 2 heterocycles. The van der Waals surface area contributed by atoms with E-state index in [1.54, 1.807) is 11.0 Å². The Morgan fingerprint density at radius 3 is 2.32 bits per heavy atom. The molecule has 3 rings (SSSR count). The fourth-order valence-electron chi connectivity index (χ4n) is 3.48. The number of ether oxygens (including phenoxy) is 1. The zero-order valence-electron chi connectivity index (χ0n) is 16.0. The number of sulfonamides is 2. The van der Waals surface area contributed by atoms with Crippen LogP contribution in [0.25, 0.3) is 0 Å². The third-order valence-corrected chi connectivity index (χ3v) is 8.88. The van der Waals surface area contributed by atoms with Crippen LogP contribution >= 0.6 is 0 Å². The molecule has 0 aromatic heterocycles. The molecule has 0 radical (unpaired) electrons. The third-order valence-electron chi connectivity index (χ3n) is 5.09. The van der Waals surface area contributed by atoms with Crippen molar-refractivity contribution in [1.82, 2.24) is 9.21 Å². The first kappa shape index (κ1) is 20.9. The van der Waals surface area contributed by atoms with Gasteiger partial charge in [-0.3, -0.25) is 9.10 Å². The van der Waals surface area contributed by atoms with Crippen molar-refractivity contribution in [3.8, 4) is 5.75 Å². The van der Waals surface area contributed by atoms with Gasteiger partial charge >= 0.3 is 0 Å². The van der Waals surface area contributed by atoms with E-state index >= 15 is 0 Å². The van der Waals surface area contributed by atoms with Crippen molar-refractivity contribution < 1.29 is 26.4 Å². The van der Waals surface area contributed by atoms with E-state index in [-0.39, 0.29) is 35.4 Å². The Morgan fingerprint density at radius 2 is 1.75 bits per heavy atom. The molecule has 1 amide bonds. The number of carbonyl (C=O) groups is 1. The summed E-state index contributed by atoms with van der Waals surface area (Å²) in [6.07, 6.45) is 1.32. The first-order chi connectivity index (χ1) is 13.2. The Morgan fingerprint density at radius 1 is 1.07 bits per heavy atom. The van der Waals surface area contributed by atoms with Crippen molar-refractivity contribution in [2.45, 2.75) is 24.7 Å². The van der Waals surface area contributed by atoms with E-state index in [0.717, 1.165) is 6.42 Å². The van der Waals surface area contributed by atoms with E-state index in [0.29, 0.717) is 31.7 Å². The summed E-state index contributed by atoms with van der Waals surface area (Å²) in [5.41, 5.74) is 0.321. The maximum atomic E-state index is 13.2. The van der Waals surface area contributed by atoms with Crippen LogP contribution in [0.4, 0.5) is 5.69 Å². The summed E-state index contributed by atoms with van der Waals surface area (Å²) in [5.74, 6) is 0.118. The lowest BCUT2D eigenvalue weighted by molar-refractivity contribution is -0.129. The number of rotatable bonds is 4. The van der Waals surface area contributed by atoms with E-state index in [4.69, 9.17) is 4.74 Å². The predicted molar refractivity (Wildman–Crippen MR) is 104 cm³/mol. The van der Waals surface area contributed by atoms with Gasteiger partial charge in [0, 0.05) is 39.6 Å². The van der Waals surface area contributed by atoms with E-state index in [9.17, 15) is 21.6 Å². The number of benzene rings is 1. The van der Waals surface area contributed by atoms with E-state index in [1.807, 2.05) is 0 Å². The average Bonchev–Trinajstić information content (AvgIpc) is 2.67. The molecule has 2 saturated heterocycles. The molecule has 11 heteroatoms. The van der Waals surface area contributed by atoms with E-state index in [2.05, 4.69) is 0 Å². The van der Waals surface area contributed by atoms with Gasteiger partial charge in [0.15, 0.2) is 0 Å². The maximum Gasteiger partial charge on any atom is 0.246 e. The quantitative estimate of drug-likeness (QED) is 0.687. The highest BCUT2D eigenvalue weighted by Crippen LogP contribution is 2.33. The number of hydrogen-bond acceptors (Lipinski definition) is 6. The molecule has 2 aliphatic heterocycles. The standard InChI is InChI=1S/C17H25N3O6S2/c1-14(21)18-8-10-19(11-9-18)28(24,25)17-13-15(5-6-16(17)26-2)20-7-3-4-12-27(20,22)23/h5-6,13H,3-4,7-12H2,1-2H3. The van der Waals surface area contributed by atoms with Crippen LogP contribution in [-0.4, -0.2) is 77.5 Å². The topological polar surface area (TPSA) is 104 Å². The number of anilines is 1. The second kappa shape index (κ2) is 7.88. The molecule has 1 aromatic rings. The van der Waals surface area contributed by atoms with Gasteiger partial charge in [0.2, 0.25) is 26.0 Å². The second-order valence-corrected chi connectivity index (χ2v) is 10.8. The molecule has 0 N–H and O–H groups in total. The Bertz CT molecular complexity index is 953. The molecule has 0 saturated carbocycles. The summed E-state index contributed by atoms with van der Waals surface area (Å²) < 4.78 is 59.0. The van der Waals surface area contributed by atoms with Crippen molar-refractivity contribution in [1.29, 1.82) is 0 Å². The van der Waals surface area contributed by atoms with Crippen LogP contribution in [0.5, 0.6) is 5.75 Å². The van der Waals surface area contributed by atoms with Gasteiger partial charge in [-0.1, -0.05) is 0 Å². The van der Waals surface area contributed by atoms with Crippen LogP contribution in [-0.2, 0) is 24.8 Å². The van der Waals surface area contributed by atoms with Gasteiger partial charge < -0.3 is 9.64 Å². The van der Waals surface area contributed by atoms with Crippen molar-refractivity contribution in [2.24, 2.45) is 0 Å². The molecule has 0 bridgehead atoms. The monoisotopic (exact) mass is 431 g/mol. The van der Waals surface area contributed by atoms with Crippen LogP contribution in [0.2, 0.25) is 0 Å². The van der Waals surface area contributed by atoms with Gasteiger partial charge in [-0.2, -0.15) is 4.31 Å². The molecule has 28 heavy (non-hydrogen) atoms. The number of methoxy groups -OCH3 is 1. The molecule has 1 aromatic carbocycles. The molecule has 0 atom stereocenters. The zero-order valence-corrected chi connectivity index (χ0v) is 17.6. The lowest BCUT2D eigenvalue weighted by Gasteiger charge is -2.34. The molecule has 0 unspecified atom stereocenters. The van der Waals surface area contributed by atoms with E-state index < -0.39 is 20.0 Å².